The predicted octanol–water partition coefficient (Wildman–Crippen LogP) is 7.83. The summed E-state index contributed by atoms with van der Waals surface area (Å²) < 4.78 is 44.7. The molecule has 0 radical (unpaired) electrons. The zero-order valence-electron chi connectivity index (χ0n) is 27.3. The maximum atomic E-state index is 5.72. The Morgan fingerprint density at radius 3 is 1.24 bits per heavy atom. The summed E-state index contributed by atoms with van der Waals surface area (Å²) in [7, 11) is 4.22. The molecule has 0 aliphatic carbocycles. The lowest BCUT2D eigenvalue weighted by Gasteiger charge is -2.31. The van der Waals surface area contributed by atoms with Crippen molar-refractivity contribution in [2.45, 2.75) is 13.1 Å². The first-order chi connectivity index (χ1) is 24.6. The molecule has 50 heavy (non-hydrogen) atoms. The molecule has 0 amide bonds. The molecule has 248 valence electrons. The minimum Gasteiger partial charge on any atom is -0.454 e. The summed E-state index contributed by atoms with van der Waals surface area (Å²) in [5.41, 5.74) is 9.61. The number of rotatable bonds is 0. The van der Waals surface area contributed by atoms with Gasteiger partial charge in [0.1, 0.15) is 0 Å². The van der Waals surface area contributed by atoms with Crippen molar-refractivity contribution in [2.24, 2.45) is 0 Å². The van der Waals surface area contributed by atoms with Crippen LogP contribution in [0.15, 0.2) is 72.8 Å². The molecule has 0 atom stereocenters. The van der Waals surface area contributed by atoms with Crippen LogP contribution in [-0.4, -0.2) is 41.3 Å². The number of benzene rings is 6. The first-order valence-corrected chi connectivity index (χ1v) is 16.6. The van der Waals surface area contributed by atoms with E-state index < -0.39 is 0 Å². The van der Waals surface area contributed by atoms with Crippen molar-refractivity contribution < 1.29 is 37.9 Å². The minimum absolute atomic E-state index is 0.288. The van der Waals surface area contributed by atoms with Gasteiger partial charge in [0.2, 0.25) is 27.2 Å². The number of hydrogen-bond acceptors (Lipinski definition) is 10. The van der Waals surface area contributed by atoms with Gasteiger partial charge in [0, 0.05) is 60.2 Å². The second-order valence-corrected chi connectivity index (χ2v) is 13.1. The minimum atomic E-state index is 0.288. The topological polar surface area (TPSA) is 80.3 Å². The second kappa shape index (κ2) is 10.2. The van der Waals surface area contributed by atoms with Gasteiger partial charge in [-0.25, -0.2) is 0 Å². The molecular weight excluding hydrogens is 636 g/mol. The Balaban J connectivity index is 0.000000120. The fraction of sp³-hybridized carbons (Fsp3) is 0.200. The molecule has 10 nitrogen and oxygen atoms in total. The van der Waals surface area contributed by atoms with E-state index in [9.17, 15) is 0 Å². The van der Waals surface area contributed by atoms with E-state index in [1.54, 1.807) is 0 Å². The quantitative estimate of drug-likeness (QED) is 0.160. The van der Waals surface area contributed by atoms with Crippen LogP contribution in [0.3, 0.4) is 0 Å². The van der Waals surface area contributed by atoms with Gasteiger partial charge >= 0.3 is 0 Å². The van der Waals surface area contributed by atoms with Crippen LogP contribution >= 0.6 is 0 Å². The van der Waals surface area contributed by atoms with E-state index >= 15 is 0 Å². The van der Waals surface area contributed by atoms with E-state index in [4.69, 9.17) is 37.9 Å². The van der Waals surface area contributed by atoms with Crippen molar-refractivity contribution in [3.05, 3.63) is 83.9 Å². The second-order valence-electron chi connectivity index (χ2n) is 13.1. The van der Waals surface area contributed by atoms with Crippen LogP contribution in [0, 0.1) is 0 Å². The average molecular weight is 667 g/mol. The maximum Gasteiger partial charge on any atom is 0.231 e. The van der Waals surface area contributed by atoms with Crippen LogP contribution < -0.4 is 47.7 Å². The number of anilines is 2. The van der Waals surface area contributed by atoms with E-state index in [1.807, 2.05) is 12.1 Å². The van der Waals surface area contributed by atoms with Crippen LogP contribution in [0.25, 0.3) is 43.8 Å². The molecule has 0 spiro atoms. The zero-order chi connectivity index (χ0) is 33.1. The molecule has 0 fully saturated rings. The Hall–Kier alpha value is -6.16. The van der Waals surface area contributed by atoms with Crippen LogP contribution in [0.1, 0.15) is 11.1 Å². The highest BCUT2D eigenvalue weighted by molar-refractivity contribution is 6.06. The molecule has 6 aliphatic heterocycles. The molecule has 0 N–H and O–H groups in total. The Morgan fingerprint density at radius 2 is 0.780 bits per heavy atom. The van der Waals surface area contributed by atoms with Gasteiger partial charge in [-0.15, -0.1) is 0 Å². The van der Waals surface area contributed by atoms with E-state index in [-0.39, 0.29) is 13.6 Å². The fourth-order valence-corrected chi connectivity index (χ4v) is 8.16. The third kappa shape index (κ3) is 3.90. The SMILES string of the molecule is CN1Cc2c(ccc3c2OCO3)-c2ccc3cc4c(cc3c21)OCO4.CN1Cc2c(ccc3c2OCO3)-c2ccc3cc4c(cc3c21)OCO4. The molecule has 10 heteroatoms. The molecule has 0 unspecified atom stereocenters. The van der Waals surface area contributed by atoms with Crippen molar-refractivity contribution in [3.8, 4) is 68.2 Å². The normalized spacial score (nSPS) is 16.1. The lowest BCUT2D eigenvalue weighted by atomic mass is 9.90. The Labute approximate surface area is 286 Å². The van der Waals surface area contributed by atoms with Crippen molar-refractivity contribution in [1.29, 1.82) is 0 Å². The van der Waals surface area contributed by atoms with Crippen molar-refractivity contribution in [1.82, 2.24) is 0 Å². The molecule has 6 heterocycles. The molecule has 6 aromatic carbocycles. The van der Waals surface area contributed by atoms with Crippen molar-refractivity contribution in [3.63, 3.8) is 0 Å². The summed E-state index contributed by atoms with van der Waals surface area (Å²) in [6.07, 6.45) is 0. The summed E-state index contributed by atoms with van der Waals surface area (Å²) in [5, 5.41) is 4.65. The largest absolute Gasteiger partial charge is 0.454 e. The Kier molecular flexibility index (Phi) is 5.65. The number of ether oxygens (including phenoxy) is 8. The van der Waals surface area contributed by atoms with Crippen molar-refractivity contribution >= 4 is 32.9 Å². The van der Waals surface area contributed by atoms with Crippen LogP contribution in [0.5, 0.6) is 46.0 Å². The van der Waals surface area contributed by atoms with Gasteiger partial charge in [0.25, 0.3) is 0 Å². The first-order valence-electron chi connectivity index (χ1n) is 16.6. The van der Waals surface area contributed by atoms with Crippen molar-refractivity contribution in [2.75, 3.05) is 51.1 Å². The highest BCUT2D eigenvalue weighted by atomic mass is 16.7. The third-order valence-corrected chi connectivity index (χ3v) is 10.4. The highest BCUT2D eigenvalue weighted by Crippen LogP contribution is 2.52. The summed E-state index contributed by atoms with van der Waals surface area (Å²) in [6.45, 7) is 2.73. The monoisotopic (exact) mass is 666 g/mol. The van der Waals surface area contributed by atoms with Gasteiger partial charge in [-0.05, 0) is 70.4 Å². The first kappa shape index (κ1) is 27.8. The lowest BCUT2D eigenvalue weighted by molar-refractivity contribution is 0.173. The fourth-order valence-electron chi connectivity index (χ4n) is 8.16. The van der Waals surface area contributed by atoms with Gasteiger partial charge in [-0.1, -0.05) is 24.3 Å². The summed E-state index contributed by atoms with van der Waals surface area (Å²) in [5.74, 6) is 6.67. The number of hydrogen-bond donors (Lipinski definition) is 0. The lowest BCUT2D eigenvalue weighted by Crippen LogP contribution is -2.22. The average Bonchev–Trinajstić information content (AvgIpc) is 3.96. The van der Waals surface area contributed by atoms with Gasteiger partial charge in [0.15, 0.2) is 46.0 Å². The molecule has 0 saturated heterocycles. The molecule has 0 saturated carbocycles. The van der Waals surface area contributed by atoms with E-state index in [1.165, 1.54) is 55.5 Å². The van der Waals surface area contributed by atoms with Gasteiger partial charge in [-0.2, -0.15) is 0 Å². The molecular formula is C40H30N2O8. The molecule has 0 aromatic heterocycles. The van der Waals surface area contributed by atoms with Crippen LogP contribution in [0.2, 0.25) is 0 Å². The van der Waals surface area contributed by atoms with Gasteiger partial charge in [0.05, 0.1) is 11.4 Å². The maximum absolute atomic E-state index is 5.72. The summed E-state index contributed by atoms with van der Waals surface area (Å²) in [4.78, 5) is 4.54. The molecule has 0 bridgehead atoms. The Morgan fingerprint density at radius 1 is 0.400 bits per heavy atom. The van der Waals surface area contributed by atoms with Gasteiger partial charge < -0.3 is 47.7 Å². The molecule has 6 aliphatic rings. The summed E-state index contributed by atoms with van der Waals surface area (Å²) >= 11 is 0. The van der Waals surface area contributed by atoms with Crippen LogP contribution in [-0.2, 0) is 13.1 Å². The van der Waals surface area contributed by atoms with E-state index in [0.29, 0.717) is 13.6 Å². The standard InChI is InChI=1S/2C20H15NO4/c2*1-21-8-15-12(4-5-16-20(15)25-10-22-16)13-3-2-11-6-17-18(24-9-23-17)7-14(11)19(13)21/h2*2-7H,8-10H2,1H3. The predicted molar refractivity (Wildman–Crippen MR) is 187 cm³/mol. The summed E-state index contributed by atoms with van der Waals surface area (Å²) in [6, 6.07) is 25.2. The Bertz CT molecular complexity index is 2290. The van der Waals surface area contributed by atoms with E-state index in [2.05, 4.69) is 84.6 Å². The van der Waals surface area contributed by atoms with Crippen LogP contribution in [0.4, 0.5) is 11.4 Å². The third-order valence-electron chi connectivity index (χ3n) is 10.4. The highest BCUT2D eigenvalue weighted by Gasteiger charge is 2.31. The molecule has 6 aromatic rings. The zero-order valence-corrected chi connectivity index (χ0v) is 27.3. The number of nitrogens with zero attached hydrogens (tertiary/aromatic N) is 2. The molecule has 12 rings (SSSR count). The van der Waals surface area contributed by atoms with E-state index in [0.717, 1.165) is 69.9 Å². The number of fused-ring (bicyclic) bond motifs is 16. The smallest absolute Gasteiger partial charge is 0.231 e. The van der Waals surface area contributed by atoms with Gasteiger partial charge in [-0.3, -0.25) is 0 Å².